The van der Waals surface area contributed by atoms with Crippen LogP contribution in [-0.4, -0.2) is 53.7 Å². The average Bonchev–Trinajstić information content (AvgIpc) is 2.83. The molecule has 7 heteroatoms. The predicted molar refractivity (Wildman–Crippen MR) is 135 cm³/mol. The van der Waals surface area contributed by atoms with Crippen LogP contribution in [0.15, 0.2) is 71.7 Å². The van der Waals surface area contributed by atoms with Crippen LogP contribution in [0.1, 0.15) is 5.56 Å². The summed E-state index contributed by atoms with van der Waals surface area (Å²) in [6, 6.07) is 18.9. The van der Waals surface area contributed by atoms with Crippen molar-refractivity contribution in [1.82, 2.24) is 19.4 Å². The summed E-state index contributed by atoms with van der Waals surface area (Å²) < 4.78 is 1.55. The Kier molecular flexibility index (Phi) is 6.38. The molecule has 0 atom stereocenters. The Morgan fingerprint density at radius 1 is 1.03 bits per heavy atom. The highest BCUT2D eigenvalue weighted by Crippen LogP contribution is 2.22. The highest BCUT2D eigenvalue weighted by Gasteiger charge is 2.13. The van der Waals surface area contributed by atoms with Crippen molar-refractivity contribution in [2.75, 3.05) is 44.4 Å². The van der Waals surface area contributed by atoms with Gasteiger partial charge in [-0.15, -0.1) is 6.42 Å². The second-order valence-electron chi connectivity index (χ2n) is 8.04. The zero-order valence-corrected chi connectivity index (χ0v) is 19.0. The molecule has 0 saturated heterocycles. The van der Waals surface area contributed by atoms with Crippen LogP contribution in [0.25, 0.3) is 16.7 Å². The monoisotopic (exact) mass is 438 g/mol. The minimum Gasteiger partial charge on any atom is -0.373 e. The van der Waals surface area contributed by atoms with Gasteiger partial charge in [-0.25, -0.2) is 4.98 Å². The molecular formula is C26H26N6O. The minimum absolute atomic E-state index is 0.239. The summed E-state index contributed by atoms with van der Waals surface area (Å²) in [6.45, 7) is 1.91. The molecule has 7 nitrogen and oxygen atoms in total. The molecule has 2 aromatic heterocycles. The van der Waals surface area contributed by atoms with Crippen molar-refractivity contribution in [3.05, 3.63) is 82.8 Å². The lowest BCUT2D eigenvalue weighted by Crippen LogP contribution is -2.28. The molecule has 4 aromatic rings. The van der Waals surface area contributed by atoms with Crippen molar-refractivity contribution < 1.29 is 0 Å². The number of fused-ring (bicyclic) bond motifs is 1. The Hall–Kier alpha value is -4.15. The summed E-state index contributed by atoms with van der Waals surface area (Å²) >= 11 is 0. The third-order valence-corrected chi connectivity index (χ3v) is 5.38. The van der Waals surface area contributed by atoms with Crippen molar-refractivity contribution in [3.63, 3.8) is 0 Å². The van der Waals surface area contributed by atoms with Crippen LogP contribution in [0, 0.1) is 12.3 Å². The van der Waals surface area contributed by atoms with Gasteiger partial charge in [0, 0.05) is 49.3 Å². The molecule has 166 valence electrons. The summed E-state index contributed by atoms with van der Waals surface area (Å²) in [5.41, 5.74) is 3.37. The Balaban J connectivity index is 1.67. The van der Waals surface area contributed by atoms with Gasteiger partial charge in [0.2, 0.25) is 5.95 Å². The van der Waals surface area contributed by atoms with Gasteiger partial charge in [0.1, 0.15) is 0 Å². The van der Waals surface area contributed by atoms with Crippen LogP contribution in [-0.2, 0) is 0 Å². The molecular weight excluding hydrogens is 412 g/mol. The van der Waals surface area contributed by atoms with E-state index in [1.54, 1.807) is 10.8 Å². The number of terminal acetylenes is 1. The zero-order chi connectivity index (χ0) is 23.4. The summed E-state index contributed by atoms with van der Waals surface area (Å²) in [5, 5.41) is 3.87. The van der Waals surface area contributed by atoms with E-state index in [4.69, 9.17) is 6.42 Å². The quantitative estimate of drug-likeness (QED) is 0.446. The number of hydrogen-bond acceptors (Lipinski definition) is 6. The van der Waals surface area contributed by atoms with E-state index in [2.05, 4.69) is 64.3 Å². The van der Waals surface area contributed by atoms with Gasteiger partial charge >= 0.3 is 0 Å². The number of rotatable bonds is 7. The maximum atomic E-state index is 12.9. The fourth-order valence-corrected chi connectivity index (χ4v) is 3.52. The van der Waals surface area contributed by atoms with Crippen molar-refractivity contribution in [3.8, 4) is 18.0 Å². The van der Waals surface area contributed by atoms with E-state index in [0.29, 0.717) is 28.2 Å². The minimum atomic E-state index is -0.239. The van der Waals surface area contributed by atoms with Crippen LogP contribution < -0.4 is 15.8 Å². The molecule has 0 saturated carbocycles. The molecule has 0 amide bonds. The van der Waals surface area contributed by atoms with Gasteiger partial charge in [0.05, 0.1) is 11.1 Å². The molecule has 0 unspecified atom stereocenters. The predicted octanol–water partition coefficient (Wildman–Crippen LogP) is 3.50. The lowest BCUT2D eigenvalue weighted by Gasteiger charge is -2.21. The molecule has 33 heavy (non-hydrogen) atoms. The number of para-hydroxylation sites is 1. The van der Waals surface area contributed by atoms with Crippen LogP contribution in [0.5, 0.6) is 0 Å². The molecule has 4 rings (SSSR count). The second kappa shape index (κ2) is 9.55. The van der Waals surface area contributed by atoms with Crippen molar-refractivity contribution in [2.45, 2.75) is 0 Å². The summed E-state index contributed by atoms with van der Waals surface area (Å²) in [7, 11) is 6.20. The van der Waals surface area contributed by atoms with E-state index in [9.17, 15) is 4.79 Å². The fraction of sp³-hybridized carbons (Fsp3) is 0.192. The van der Waals surface area contributed by atoms with E-state index in [-0.39, 0.29) is 5.56 Å². The molecule has 0 fully saturated rings. The van der Waals surface area contributed by atoms with Crippen LogP contribution in [0.4, 0.5) is 17.3 Å². The van der Waals surface area contributed by atoms with E-state index in [0.717, 1.165) is 24.5 Å². The van der Waals surface area contributed by atoms with Gasteiger partial charge in [-0.1, -0.05) is 24.1 Å². The SMILES string of the molecule is C#Cc1cc(=O)n(-c2ccccc2)c2nc(Nc3ccc(N(C)CCN(C)C)cc3)ncc12. The number of benzene rings is 2. The highest BCUT2D eigenvalue weighted by molar-refractivity contribution is 5.83. The Bertz CT molecular complexity index is 1350. The van der Waals surface area contributed by atoms with Gasteiger partial charge in [-0.3, -0.25) is 9.36 Å². The normalized spacial score (nSPS) is 10.9. The van der Waals surface area contributed by atoms with Crippen molar-refractivity contribution in [1.29, 1.82) is 0 Å². The number of aromatic nitrogens is 3. The maximum absolute atomic E-state index is 12.9. The topological polar surface area (TPSA) is 66.3 Å². The molecule has 0 aliphatic rings. The summed E-state index contributed by atoms with van der Waals surface area (Å²) in [5.74, 6) is 2.95. The Morgan fingerprint density at radius 3 is 2.42 bits per heavy atom. The largest absolute Gasteiger partial charge is 0.373 e. The van der Waals surface area contributed by atoms with Gasteiger partial charge in [0.15, 0.2) is 5.65 Å². The molecule has 2 heterocycles. The third kappa shape index (κ3) is 4.86. The van der Waals surface area contributed by atoms with Crippen molar-refractivity contribution >= 4 is 28.4 Å². The van der Waals surface area contributed by atoms with Gasteiger partial charge in [-0.05, 0) is 50.5 Å². The number of pyridine rings is 1. The first kappa shape index (κ1) is 22.1. The lowest BCUT2D eigenvalue weighted by atomic mass is 10.2. The van der Waals surface area contributed by atoms with Crippen LogP contribution in [0.2, 0.25) is 0 Å². The number of nitrogens with zero attached hydrogens (tertiary/aromatic N) is 5. The number of anilines is 3. The maximum Gasteiger partial charge on any atom is 0.258 e. The third-order valence-electron chi connectivity index (χ3n) is 5.38. The Morgan fingerprint density at radius 2 is 1.76 bits per heavy atom. The van der Waals surface area contributed by atoms with E-state index < -0.39 is 0 Å². The summed E-state index contributed by atoms with van der Waals surface area (Å²) in [6.07, 6.45) is 7.29. The van der Waals surface area contributed by atoms with Gasteiger partial charge < -0.3 is 15.1 Å². The molecule has 0 spiro atoms. The number of nitrogens with one attached hydrogen (secondary N) is 1. The first-order valence-electron chi connectivity index (χ1n) is 10.6. The molecule has 2 aromatic carbocycles. The molecule has 0 radical (unpaired) electrons. The second-order valence-corrected chi connectivity index (χ2v) is 8.04. The summed E-state index contributed by atoms with van der Waals surface area (Å²) in [4.78, 5) is 26.3. The molecule has 0 bridgehead atoms. The first-order valence-corrected chi connectivity index (χ1v) is 10.6. The van der Waals surface area contributed by atoms with Crippen molar-refractivity contribution in [2.24, 2.45) is 0 Å². The standard InChI is InChI=1S/C26H26N6O/c1-5-19-17-24(33)32(22-9-7-6-8-10-22)25-23(19)18-27-26(29-25)28-20-11-13-21(14-12-20)31(4)16-15-30(2)3/h1,6-14,17-18H,15-16H2,2-4H3,(H,27,28,29). The Labute approximate surface area is 193 Å². The van der Waals surface area contributed by atoms with E-state index in [1.165, 1.54) is 6.07 Å². The van der Waals surface area contributed by atoms with Gasteiger partial charge in [0.25, 0.3) is 5.56 Å². The first-order chi connectivity index (χ1) is 16.0. The van der Waals surface area contributed by atoms with Crippen LogP contribution in [0.3, 0.4) is 0 Å². The van der Waals surface area contributed by atoms with Crippen LogP contribution >= 0.6 is 0 Å². The smallest absolute Gasteiger partial charge is 0.258 e. The average molecular weight is 439 g/mol. The van der Waals surface area contributed by atoms with E-state index in [1.807, 2.05) is 42.5 Å². The fourth-order valence-electron chi connectivity index (χ4n) is 3.52. The molecule has 1 N–H and O–H groups in total. The number of hydrogen-bond donors (Lipinski definition) is 1. The molecule has 0 aliphatic carbocycles. The van der Waals surface area contributed by atoms with Gasteiger partial charge in [-0.2, -0.15) is 4.98 Å². The molecule has 0 aliphatic heterocycles. The zero-order valence-electron chi connectivity index (χ0n) is 19.0. The highest BCUT2D eigenvalue weighted by atomic mass is 16.1. The van der Waals surface area contributed by atoms with E-state index >= 15 is 0 Å². The number of likely N-dealkylation sites (N-methyl/N-ethyl adjacent to an activating group) is 2. The lowest BCUT2D eigenvalue weighted by molar-refractivity contribution is 0.416.